The summed E-state index contributed by atoms with van der Waals surface area (Å²) in [6.07, 6.45) is 5.71. The number of hydrogen-bond acceptors (Lipinski definition) is 2. The summed E-state index contributed by atoms with van der Waals surface area (Å²) in [6.45, 7) is 20.2. The van der Waals surface area contributed by atoms with Gasteiger partial charge in [0, 0.05) is 26.2 Å². The smallest absolute Gasteiger partial charge is 0.00504 e. The summed E-state index contributed by atoms with van der Waals surface area (Å²) in [4.78, 5) is 2.75. The van der Waals surface area contributed by atoms with Gasteiger partial charge in [0.15, 0.2) is 0 Å². The second-order valence-electron chi connectivity index (χ2n) is 8.71. The Morgan fingerprint density at radius 3 is 1.81 bits per heavy atom. The number of hydrogen-bond donors (Lipinski definition) is 1. The van der Waals surface area contributed by atoms with Crippen molar-refractivity contribution >= 4 is 0 Å². The van der Waals surface area contributed by atoms with E-state index in [1.165, 1.54) is 51.9 Å². The van der Waals surface area contributed by atoms with Gasteiger partial charge in [-0.25, -0.2) is 0 Å². The third-order valence-electron chi connectivity index (χ3n) is 4.52. The first-order chi connectivity index (χ1) is 9.83. The molecule has 0 radical (unpaired) electrons. The minimum atomic E-state index is 0.540. The maximum absolute atomic E-state index is 3.75. The normalized spacial score (nSPS) is 18.6. The maximum atomic E-state index is 3.75. The van der Waals surface area contributed by atoms with Gasteiger partial charge in [0.1, 0.15) is 0 Å². The van der Waals surface area contributed by atoms with Crippen molar-refractivity contribution in [3.8, 4) is 0 Å². The lowest BCUT2D eigenvalue weighted by molar-refractivity contribution is 0.124. The minimum Gasteiger partial charge on any atom is -0.316 e. The summed E-state index contributed by atoms with van der Waals surface area (Å²) in [5.41, 5.74) is 0.540. The van der Waals surface area contributed by atoms with Crippen LogP contribution in [-0.2, 0) is 0 Å². The van der Waals surface area contributed by atoms with Gasteiger partial charge in [-0.15, -0.1) is 0 Å². The average molecular weight is 297 g/mol. The SMILES string of the molecule is CC(C)CNCC1(CN(CC(C)C)CC(C)C)CCCC1. The molecule has 0 aromatic heterocycles. The summed E-state index contributed by atoms with van der Waals surface area (Å²) in [6, 6.07) is 0. The Kier molecular flexibility index (Phi) is 8.26. The first-order valence-electron chi connectivity index (χ1n) is 9.26. The number of nitrogens with zero attached hydrogens (tertiary/aromatic N) is 1. The molecule has 0 aromatic rings. The molecule has 1 aliphatic rings. The average Bonchev–Trinajstić information content (AvgIpc) is 2.75. The molecule has 126 valence electrons. The van der Waals surface area contributed by atoms with Crippen LogP contribution >= 0.6 is 0 Å². The Labute approximate surface area is 134 Å². The Balaban J connectivity index is 2.59. The fourth-order valence-corrected chi connectivity index (χ4v) is 3.85. The molecule has 1 aliphatic carbocycles. The van der Waals surface area contributed by atoms with Crippen LogP contribution in [0.4, 0.5) is 0 Å². The largest absolute Gasteiger partial charge is 0.316 e. The minimum absolute atomic E-state index is 0.540. The topological polar surface area (TPSA) is 15.3 Å². The van der Waals surface area contributed by atoms with Gasteiger partial charge in [-0.3, -0.25) is 0 Å². The molecule has 0 saturated heterocycles. The highest BCUT2D eigenvalue weighted by molar-refractivity contribution is 4.90. The lowest BCUT2D eigenvalue weighted by atomic mass is 9.84. The zero-order valence-electron chi connectivity index (χ0n) is 15.5. The van der Waals surface area contributed by atoms with E-state index in [2.05, 4.69) is 51.8 Å². The predicted molar refractivity (Wildman–Crippen MR) is 94.7 cm³/mol. The van der Waals surface area contributed by atoms with Crippen molar-refractivity contribution in [3.05, 3.63) is 0 Å². The molecule has 2 nitrogen and oxygen atoms in total. The zero-order valence-corrected chi connectivity index (χ0v) is 15.5. The second-order valence-corrected chi connectivity index (χ2v) is 8.71. The maximum Gasteiger partial charge on any atom is 0.00504 e. The lowest BCUT2D eigenvalue weighted by Gasteiger charge is -2.37. The van der Waals surface area contributed by atoms with Crippen LogP contribution in [0.3, 0.4) is 0 Å². The molecule has 0 amide bonds. The summed E-state index contributed by atoms with van der Waals surface area (Å²) in [5.74, 6) is 2.29. The summed E-state index contributed by atoms with van der Waals surface area (Å²) < 4.78 is 0. The Hall–Kier alpha value is -0.0800. The molecule has 0 bridgehead atoms. The molecule has 1 rings (SSSR count). The van der Waals surface area contributed by atoms with Crippen LogP contribution in [0.25, 0.3) is 0 Å². The standard InChI is InChI=1S/C19H40N2/c1-16(2)11-20-14-19(9-7-8-10-19)15-21(12-17(3)4)13-18(5)6/h16-18,20H,7-15H2,1-6H3. The van der Waals surface area contributed by atoms with Crippen molar-refractivity contribution in [3.63, 3.8) is 0 Å². The quantitative estimate of drug-likeness (QED) is 0.642. The van der Waals surface area contributed by atoms with E-state index in [4.69, 9.17) is 0 Å². The van der Waals surface area contributed by atoms with E-state index in [9.17, 15) is 0 Å². The number of rotatable bonds is 10. The van der Waals surface area contributed by atoms with Gasteiger partial charge in [-0.1, -0.05) is 54.4 Å². The fourth-order valence-electron chi connectivity index (χ4n) is 3.85. The van der Waals surface area contributed by atoms with Crippen LogP contribution in [-0.4, -0.2) is 37.6 Å². The van der Waals surface area contributed by atoms with Gasteiger partial charge in [-0.2, -0.15) is 0 Å². The molecule has 0 heterocycles. The monoisotopic (exact) mass is 296 g/mol. The molecule has 0 spiro atoms. The molecule has 2 heteroatoms. The van der Waals surface area contributed by atoms with Gasteiger partial charge in [0.2, 0.25) is 0 Å². The van der Waals surface area contributed by atoms with E-state index in [1.807, 2.05) is 0 Å². The molecule has 1 fully saturated rings. The first-order valence-corrected chi connectivity index (χ1v) is 9.26. The Bertz CT molecular complexity index is 255. The fraction of sp³-hybridized carbons (Fsp3) is 1.00. The molecule has 0 atom stereocenters. The van der Waals surface area contributed by atoms with Gasteiger partial charge in [-0.05, 0) is 42.6 Å². The predicted octanol–water partition coefficient (Wildman–Crippen LogP) is 4.41. The highest BCUT2D eigenvalue weighted by Gasteiger charge is 2.35. The molecule has 21 heavy (non-hydrogen) atoms. The molecule has 0 unspecified atom stereocenters. The van der Waals surface area contributed by atoms with Gasteiger partial charge in [0.25, 0.3) is 0 Å². The summed E-state index contributed by atoms with van der Waals surface area (Å²) >= 11 is 0. The highest BCUT2D eigenvalue weighted by atomic mass is 15.1. The van der Waals surface area contributed by atoms with Crippen LogP contribution < -0.4 is 5.32 Å². The van der Waals surface area contributed by atoms with Crippen molar-refractivity contribution in [2.24, 2.45) is 23.2 Å². The lowest BCUT2D eigenvalue weighted by Crippen LogP contribution is -2.45. The van der Waals surface area contributed by atoms with Crippen molar-refractivity contribution < 1.29 is 0 Å². The van der Waals surface area contributed by atoms with E-state index >= 15 is 0 Å². The van der Waals surface area contributed by atoms with E-state index in [0.29, 0.717) is 5.41 Å². The van der Waals surface area contributed by atoms with E-state index in [1.54, 1.807) is 0 Å². The van der Waals surface area contributed by atoms with Crippen LogP contribution in [0.2, 0.25) is 0 Å². The van der Waals surface area contributed by atoms with Crippen LogP contribution in [0, 0.1) is 23.2 Å². The number of nitrogens with one attached hydrogen (secondary N) is 1. The summed E-state index contributed by atoms with van der Waals surface area (Å²) in [5, 5.41) is 3.75. The van der Waals surface area contributed by atoms with Crippen molar-refractivity contribution in [2.45, 2.75) is 67.2 Å². The molecule has 1 N–H and O–H groups in total. The Morgan fingerprint density at radius 2 is 1.38 bits per heavy atom. The summed E-state index contributed by atoms with van der Waals surface area (Å²) in [7, 11) is 0. The van der Waals surface area contributed by atoms with Crippen LogP contribution in [0.1, 0.15) is 67.2 Å². The van der Waals surface area contributed by atoms with E-state index in [-0.39, 0.29) is 0 Å². The highest BCUT2D eigenvalue weighted by Crippen LogP contribution is 2.38. The molecule has 0 aliphatic heterocycles. The van der Waals surface area contributed by atoms with Gasteiger partial charge < -0.3 is 10.2 Å². The third kappa shape index (κ3) is 7.65. The van der Waals surface area contributed by atoms with Crippen molar-refractivity contribution in [1.82, 2.24) is 10.2 Å². The van der Waals surface area contributed by atoms with Gasteiger partial charge >= 0.3 is 0 Å². The van der Waals surface area contributed by atoms with E-state index in [0.717, 1.165) is 24.3 Å². The van der Waals surface area contributed by atoms with Gasteiger partial charge in [0.05, 0.1) is 0 Å². The van der Waals surface area contributed by atoms with E-state index < -0.39 is 0 Å². The molecule has 0 aromatic carbocycles. The van der Waals surface area contributed by atoms with Crippen molar-refractivity contribution in [1.29, 1.82) is 0 Å². The zero-order chi connectivity index (χ0) is 15.9. The molecular weight excluding hydrogens is 256 g/mol. The van der Waals surface area contributed by atoms with Crippen LogP contribution in [0.15, 0.2) is 0 Å². The third-order valence-corrected chi connectivity index (χ3v) is 4.52. The first kappa shape index (κ1) is 19.0. The molecule has 1 saturated carbocycles. The van der Waals surface area contributed by atoms with Crippen LogP contribution in [0.5, 0.6) is 0 Å². The molecular formula is C19H40N2. The second kappa shape index (κ2) is 9.15. The Morgan fingerprint density at radius 1 is 0.857 bits per heavy atom. The van der Waals surface area contributed by atoms with Crippen molar-refractivity contribution in [2.75, 3.05) is 32.7 Å².